The summed E-state index contributed by atoms with van der Waals surface area (Å²) in [4.78, 5) is 11.6. The molecule has 0 bridgehead atoms. The van der Waals surface area contributed by atoms with E-state index in [0.717, 1.165) is 46.1 Å². The number of rotatable bonds is 7. The van der Waals surface area contributed by atoms with E-state index in [0.29, 0.717) is 13.9 Å². The predicted molar refractivity (Wildman–Crippen MR) is 99.3 cm³/mol. The zero-order chi connectivity index (χ0) is 16.1. The molecule has 0 atom stereocenters. The van der Waals surface area contributed by atoms with E-state index in [4.69, 9.17) is 9.47 Å². The van der Waals surface area contributed by atoms with Gasteiger partial charge in [0.1, 0.15) is 0 Å². The number of thiophene rings is 2. The average molecular weight is 539 g/mol. The highest BCUT2D eigenvalue weighted by atomic mass is 79.9. The van der Waals surface area contributed by atoms with Gasteiger partial charge in [-0.3, -0.25) is 0 Å². The third-order valence-corrected chi connectivity index (χ3v) is 7.34. The van der Waals surface area contributed by atoms with Crippen LogP contribution >= 0.6 is 70.5 Å². The zero-order valence-electron chi connectivity index (χ0n) is 11.3. The molecule has 3 nitrogen and oxygen atoms in total. The standard InChI is InChI=1S/C13H12Br3FO3S2/c14-5-3-1-2-4-6-19-13(18)20-12-8(17)7-9(21-12)11(16)22-10(7)15/h1-6H2. The molecule has 0 amide bonds. The molecule has 9 heteroatoms. The second-order valence-corrected chi connectivity index (χ2v) is 9.79. The fraction of sp³-hybridized carbons (Fsp3) is 0.462. The number of alkyl halides is 1. The number of fused-ring (bicyclic) bond motifs is 1. The topological polar surface area (TPSA) is 35.5 Å². The van der Waals surface area contributed by atoms with Crippen LogP contribution < -0.4 is 4.74 Å². The Bertz CT molecular complexity index is 657. The van der Waals surface area contributed by atoms with Crippen LogP contribution in [0.4, 0.5) is 9.18 Å². The Morgan fingerprint density at radius 1 is 1.09 bits per heavy atom. The lowest BCUT2D eigenvalue weighted by molar-refractivity contribution is 0.0973. The summed E-state index contributed by atoms with van der Waals surface area (Å²) < 4.78 is 26.3. The Morgan fingerprint density at radius 3 is 2.50 bits per heavy atom. The van der Waals surface area contributed by atoms with Gasteiger partial charge in [0.15, 0.2) is 5.82 Å². The van der Waals surface area contributed by atoms with Gasteiger partial charge in [0, 0.05) is 5.33 Å². The highest BCUT2D eigenvalue weighted by Crippen LogP contribution is 2.48. The van der Waals surface area contributed by atoms with E-state index in [1.807, 2.05) is 0 Å². The summed E-state index contributed by atoms with van der Waals surface area (Å²) in [5, 5.41) is 1.35. The van der Waals surface area contributed by atoms with Crippen molar-refractivity contribution in [2.24, 2.45) is 0 Å². The monoisotopic (exact) mass is 536 g/mol. The highest BCUT2D eigenvalue weighted by molar-refractivity contribution is 9.12. The van der Waals surface area contributed by atoms with E-state index < -0.39 is 12.0 Å². The van der Waals surface area contributed by atoms with Gasteiger partial charge in [-0.1, -0.05) is 40.1 Å². The Balaban J connectivity index is 1.87. The van der Waals surface area contributed by atoms with Gasteiger partial charge >= 0.3 is 6.16 Å². The fourth-order valence-electron chi connectivity index (χ4n) is 1.76. The van der Waals surface area contributed by atoms with Crippen molar-refractivity contribution < 1.29 is 18.7 Å². The Kier molecular flexibility index (Phi) is 7.59. The van der Waals surface area contributed by atoms with Crippen LogP contribution in [-0.4, -0.2) is 18.1 Å². The third kappa shape index (κ3) is 4.66. The van der Waals surface area contributed by atoms with E-state index in [2.05, 4.69) is 47.8 Å². The largest absolute Gasteiger partial charge is 0.514 e. The second kappa shape index (κ2) is 8.96. The lowest BCUT2D eigenvalue weighted by Crippen LogP contribution is -2.11. The van der Waals surface area contributed by atoms with E-state index in [-0.39, 0.29) is 11.7 Å². The second-order valence-electron chi connectivity index (χ2n) is 4.36. The lowest BCUT2D eigenvalue weighted by Gasteiger charge is -2.04. The van der Waals surface area contributed by atoms with E-state index in [9.17, 15) is 9.18 Å². The number of halogens is 4. The molecule has 0 aliphatic heterocycles. The van der Waals surface area contributed by atoms with E-state index in [1.165, 1.54) is 11.3 Å². The maximum Gasteiger partial charge on any atom is 0.514 e. The first-order valence-electron chi connectivity index (χ1n) is 6.51. The molecule has 0 radical (unpaired) electrons. The molecule has 0 unspecified atom stereocenters. The number of carbonyl (C=O) groups is 1. The van der Waals surface area contributed by atoms with Crippen molar-refractivity contribution in [2.45, 2.75) is 25.7 Å². The smallest absolute Gasteiger partial charge is 0.434 e. The molecule has 0 saturated heterocycles. The number of hydrogen-bond donors (Lipinski definition) is 0. The van der Waals surface area contributed by atoms with Crippen LogP contribution in [0.5, 0.6) is 5.06 Å². The van der Waals surface area contributed by atoms with Crippen LogP contribution in [-0.2, 0) is 4.74 Å². The summed E-state index contributed by atoms with van der Waals surface area (Å²) in [5.74, 6) is -0.539. The summed E-state index contributed by atoms with van der Waals surface area (Å²) in [6, 6.07) is 0. The van der Waals surface area contributed by atoms with Crippen molar-refractivity contribution in [3.63, 3.8) is 0 Å². The van der Waals surface area contributed by atoms with Gasteiger partial charge in [-0.2, -0.15) is 0 Å². The minimum absolute atomic E-state index is 0.0662. The minimum Gasteiger partial charge on any atom is -0.434 e. The third-order valence-electron chi connectivity index (χ3n) is 2.80. The highest BCUT2D eigenvalue weighted by Gasteiger charge is 2.22. The van der Waals surface area contributed by atoms with Gasteiger partial charge in [0.05, 0.1) is 24.3 Å². The predicted octanol–water partition coefficient (Wildman–Crippen LogP) is 7.10. The first-order valence-corrected chi connectivity index (χ1v) is 10.8. The number of hydrogen-bond acceptors (Lipinski definition) is 5. The van der Waals surface area contributed by atoms with Gasteiger partial charge in [-0.05, 0) is 44.7 Å². The minimum atomic E-state index is -0.862. The molecule has 0 fully saturated rings. The summed E-state index contributed by atoms with van der Waals surface area (Å²) in [6.45, 7) is 0.287. The van der Waals surface area contributed by atoms with Gasteiger partial charge in [-0.25, -0.2) is 9.18 Å². The maximum atomic E-state index is 14.2. The SMILES string of the molecule is O=C(OCCCCCCBr)Oc1sc2c(Br)sc(Br)c2c1F. The van der Waals surface area contributed by atoms with Crippen LogP contribution in [0.15, 0.2) is 7.57 Å². The maximum absolute atomic E-state index is 14.2. The summed E-state index contributed by atoms with van der Waals surface area (Å²) in [5.41, 5.74) is 0. The molecule has 0 aliphatic rings. The van der Waals surface area contributed by atoms with Crippen molar-refractivity contribution >= 4 is 86.7 Å². The molecule has 2 aromatic heterocycles. The van der Waals surface area contributed by atoms with E-state index in [1.54, 1.807) is 0 Å². The van der Waals surface area contributed by atoms with Crippen LogP contribution in [0, 0.1) is 5.82 Å². The van der Waals surface area contributed by atoms with Crippen LogP contribution in [0.25, 0.3) is 10.1 Å². The molecule has 2 aromatic rings. The van der Waals surface area contributed by atoms with Crippen molar-refractivity contribution in [1.29, 1.82) is 0 Å². The first-order chi connectivity index (χ1) is 10.5. The number of unbranched alkanes of at least 4 members (excludes halogenated alkanes) is 3. The molecule has 0 N–H and O–H groups in total. The van der Waals surface area contributed by atoms with Crippen molar-refractivity contribution in [1.82, 2.24) is 0 Å². The Labute approximate surface area is 160 Å². The molecule has 22 heavy (non-hydrogen) atoms. The molecule has 0 spiro atoms. The van der Waals surface area contributed by atoms with E-state index >= 15 is 0 Å². The molecule has 0 saturated carbocycles. The lowest BCUT2D eigenvalue weighted by atomic mass is 10.2. The Hall–Kier alpha value is 0.300. The number of carbonyl (C=O) groups excluding carboxylic acids is 1. The molecule has 0 aromatic carbocycles. The van der Waals surface area contributed by atoms with Crippen LogP contribution in [0.3, 0.4) is 0 Å². The van der Waals surface area contributed by atoms with Crippen molar-refractivity contribution in [3.05, 3.63) is 13.4 Å². The van der Waals surface area contributed by atoms with Crippen LogP contribution in [0.2, 0.25) is 0 Å². The van der Waals surface area contributed by atoms with Gasteiger partial charge in [-0.15, -0.1) is 11.3 Å². The average Bonchev–Trinajstić information content (AvgIpc) is 2.93. The molecule has 122 valence electrons. The first kappa shape index (κ1) is 18.6. The van der Waals surface area contributed by atoms with Gasteiger partial charge < -0.3 is 9.47 Å². The summed E-state index contributed by atoms with van der Waals surface area (Å²) in [6.07, 6.45) is 3.09. The normalized spacial score (nSPS) is 11.1. The summed E-state index contributed by atoms with van der Waals surface area (Å²) >= 11 is 12.5. The Morgan fingerprint density at radius 2 is 1.82 bits per heavy atom. The summed E-state index contributed by atoms with van der Waals surface area (Å²) in [7, 11) is 0. The fourth-order valence-corrected chi connectivity index (χ4v) is 6.54. The van der Waals surface area contributed by atoms with Crippen LogP contribution in [0.1, 0.15) is 25.7 Å². The number of ether oxygens (including phenoxy) is 2. The zero-order valence-corrected chi connectivity index (χ0v) is 17.7. The molecule has 2 rings (SSSR count). The van der Waals surface area contributed by atoms with Crippen molar-refractivity contribution in [2.75, 3.05) is 11.9 Å². The van der Waals surface area contributed by atoms with Crippen molar-refractivity contribution in [3.8, 4) is 5.06 Å². The molecular formula is C13H12Br3FO3S2. The van der Waals surface area contributed by atoms with Gasteiger partial charge in [0.25, 0.3) is 0 Å². The van der Waals surface area contributed by atoms with Gasteiger partial charge in [0.2, 0.25) is 5.06 Å². The molecular weight excluding hydrogens is 527 g/mol. The quantitative estimate of drug-likeness (QED) is 0.214. The molecule has 2 heterocycles. The molecule has 0 aliphatic carbocycles.